The number of aromatic nitrogens is 4. The van der Waals surface area contributed by atoms with Gasteiger partial charge in [0.05, 0.1) is 14.2 Å². The topological polar surface area (TPSA) is 85.3 Å². The molecule has 8 nitrogen and oxygen atoms in total. The number of nitrogens with one attached hydrogen (secondary N) is 1. The molecule has 1 N–H and O–H groups in total. The van der Waals surface area contributed by atoms with E-state index < -0.39 is 0 Å². The quantitative estimate of drug-likeness (QED) is 0.886. The second kappa shape index (κ2) is 7.29. The Balaban J connectivity index is 1.73. The van der Waals surface area contributed by atoms with Crippen LogP contribution in [-0.2, 0) is 0 Å². The molecule has 0 radical (unpaired) electrons. The second-order valence-electron chi connectivity index (χ2n) is 5.71. The minimum Gasteiger partial charge on any atom is -0.481 e. The van der Waals surface area contributed by atoms with E-state index >= 15 is 0 Å². The summed E-state index contributed by atoms with van der Waals surface area (Å²) in [7, 11) is 3.13. The molecule has 3 heterocycles. The molecule has 0 spiro atoms. The van der Waals surface area contributed by atoms with Crippen LogP contribution in [0.2, 0.25) is 0 Å². The second-order valence-corrected chi connectivity index (χ2v) is 5.71. The predicted octanol–water partition coefficient (Wildman–Crippen LogP) is 1.67. The van der Waals surface area contributed by atoms with Crippen LogP contribution in [0.1, 0.15) is 18.5 Å². The Kier molecular flexibility index (Phi) is 4.93. The van der Waals surface area contributed by atoms with Crippen LogP contribution in [-0.4, -0.2) is 53.3 Å². The summed E-state index contributed by atoms with van der Waals surface area (Å²) in [5.41, 5.74) is 0.949. The summed E-state index contributed by atoms with van der Waals surface area (Å²) in [5.74, 6) is 1.96. The van der Waals surface area contributed by atoms with Gasteiger partial charge in [0.25, 0.3) is 0 Å². The number of ether oxygens (including phenoxy) is 2. The smallest absolute Gasteiger partial charge is 0.321 e. The lowest BCUT2D eigenvalue weighted by molar-refractivity contribution is 0.351. The van der Waals surface area contributed by atoms with Gasteiger partial charge in [-0.25, -0.2) is 9.97 Å². The maximum absolute atomic E-state index is 5.23. The molecule has 0 bridgehead atoms. The number of hydrogen-bond acceptors (Lipinski definition) is 8. The van der Waals surface area contributed by atoms with Gasteiger partial charge in [-0.1, -0.05) is 0 Å². The number of aryl methyl sites for hydroxylation is 1. The van der Waals surface area contributed by atoms with Crippen LogP contribution in [0.25, 0.3) is 0 Å². The Hall–Kier alpha value is -2.64. The van der Waals surface area contributed by atoms with Gasteiger partial charge in [-0.2, -0.15) is 9.97 Å². The molecule has 2 aromatic rings. The Morgan fingerprint density at radius 3 is 2.83 bits per heavy atom. The lowest BCUT2D eigenvalue weighted by Gasteiger charge is -2.34. The Labute approximate surface area is 141 Å². The molecule has 1 aliphatic heterocycles. The molecular weight excluding hydrogens is 308 g/mol. The average Bonchev–Trinajstić information content (AvgIpc) is 2.61. The number of piperidine rings is 1. The first-order valence-corrected chi connectivity index (χ1v) is 7.96. The summed E-state index contributed by atoms with van der Waals surface area (Å²) in [6, 6.07) is 4.28. The van der Waals surface area contributed by atoms with Crippen molar-refractivity contribution in [1.29, 1.82) is 0 Å². The monoisotopic (exact) mass is 330 g/mol. The zero-order valence-corrected chi connectivity index (χ0v) is 14.2. The molecule has 0 amide bonds. The Bertz CT molecular complexity index is 674. The van der Waals surface area contributed by atoms with Crippen LogP contribution in [0.5, 0.6) is 11.9 Å². The van der Waals surface area contributed by atoms with Gasteiger partial charge in [-0.3, -0.25) is 0 Å². The molecule has 1 unspecified atom stereocenters. The van der Waals surface area contributed by atoms with E-state index in [0.717, 1.165) is 37.4 Å². The summed E-state index contributed by atoms with van der Waals surface area (Å²) in [6.45, 7) is 3.69. The number of methoxy groups -OCH3 is 2. The van der Waals surface area contributed by atoms with Crippen molar-refractivity contribution in [2.24, 2.45) is 0 Å². The van der Waals surface area contributed by atoms with Gasteiger partial charge in [0, 0.05) is 37.1 Å². The molecule has 0 saturated carbocycles. The van der Waals surface area contributed by atoms with Crippen LogP contribution in [0.3, 0.4) is 0 Å². The van der Waals surface area contributed by atoms with E-state index in [1.165, 1.54) is 0 Å². The van der Waals surface area contributed by atoms with Gasteiger partial charge >= 0.3 is 6.01 Å². The van der Waals surface area contributed by atoms with Gasteiger partial charge in [0.2, 0.25) is 11.8 Å². The van der Waals surface area contributed by atoms with Crippen LogP contribution < -0.4 is 19.7 Å². The molecule has 128 valence electrons. The number of hydrogen-bond donors (Lipinski definition) is 1. The van der Waals surface area contributed by atoms with E-state index in [1.807, 2.05) is 19.1 Å². The van der Waals surface area contributed by atoms with Gasteiger partial charge in [-0.15, -0.1) is 0 Å². The van der Waals surface area contributed by atoms with Crippen molar-refractivity contribution in [3.8, 4) is 11.9 Å². The van der Waals surface area contributed by atoms with Gasteiger partial charge in [-0.05, 0) is 25.8 Å². The summed E-state index contributed by atoms with van der Waals surface area (Å²) < 4.78 is 10.4. The first-order valence-electron chi connectivity index (χ1n) is 7.96. The summed E-state index contributed by atoms with van der Waals surface area (Å²) in [5, 5.41) is 3.41. The van der Waals surface area contributed by atoms with Crippen LogP contribution in [0.15, 0.2) is 18.3 Å². The summed E-state index contributed by atoms with van der Waals surface area (Å²) in [4.78, 5) is 19.5. The Morgan fingerprint density at radius 2 is 2.08 bits per heavy atom. The average molecular weight is 330 g/mol. The predicted molar refractivity (Wildman–Crippen MR) is 90.8 cm³/mol. The minimum absolute atomic E-state index is 0.257. The van der Waals surface area contributed by atoms with Gasteiger partial charge in [0.15, 0.2) is 0 Å². The molecule has 2 aromatic heterocycles. The van der Waals surface area contributed by atoms with Crippen LogP contribution in [0, 0.1) is 6.92 Å². The molecular formula is C16H22N6O2. The van der Waals surface area contributed by atoms with E-state index in [1.54, 1.807) is 20.4 Å². The normalized spacial score (nSPS) is 17.5. The zero-order valence-electron chi connectivity index (χ0n) is 14.2. The lowest BCUT2D eigenvalue weighted by atomic mass is 10.1. The van der Waals surface area contributed by atoms with Gasteiger partial charge < -0.3 is 19.7 Å². The zero-order chi connectivity index (χ0) is 16.9. The molecule has 1 atom stereocenters. The highest BCUT2D eigenvalue weighted by atomic mass is 16.5. The highest BCUT2D eigenvalue weighted by molar-refractivity contribution is 5.44. The van der Waals surface area contributed by atoms with Crippen LogP contribution >= 0.6 is 0 Å². The molecule has 3 rings (SSSR count). The standard InChI is InChI=1S/C16H22N6O2/c1-11-6-7-17-15(18-11)19-12-5-4-8-22(10-12)13-9-14(23-2)21-16(20-13)24-3/h6-7,9,12H,4-5,8,10H2,1-3H3,(H,17,18,19). The highest BCUT2D eigenvalue weighted by Crippen LogP contribution is 2.24. The molecule has 8 heteroatoms. The number of rotatable bonds is 5. The van der Waals surface area contributed by atoms with Crippen molar-refractivity contribution in [2.75, 3.05) is 37.5 Å². The molecule has 0 aliphatic carbocycles. The molecule has 1 saturated heterocycles. The fourth-order valence-corrected chi connectivity index (χ4v) is 2.75. The van der Waals surface area contributed by atoms with Crippen molar-refractivity contribution in [1.82, 2.24) is 19.9 Å². The summed E-state index contributed by atoms with van der Waals surface area (Å²) >= 11 is 0. The Morgan fingerprint density at radius 1 is 1.21 bits per heavy atom. The number of anilines is 2. The third kappa shape index (κ3) is 3.81. The lowest BCUT2D eigenvalue weighted by Crippen LogP contribution is -2.42. The number of nitrogens with zero attached hydrogens (tertiary/aromatic N) is 5. The van der Waals surface area contributed by atoms with Gasteiger partial charge in [0.1, 0.15) is 5.82 Å². The molecule has 24 heavy (non-hydrogen) atoms. The fourth-order valence-electron chi connectivity index (χ4n) is 2.75. The van der Waals surface area contributed by atoms with Crippen molar-refractivity contribution >= 4 is 11.8 Å². The van der Waals surface area contributed by atoms with Crippen molar-refractivity contribution in [2.45, 2.75) is 25.8 Å². The molecule has 1 fully saturated rings. The maximum atomic E-state index is 5.23. The van der Waals surface area contributed by atoms with E-state index in [4.69, 9.17) is 9.47 Å². The van der Waals surface area contributed by atoms with E-state index in [-0.39, 0.29) is 6.04 Å². The summed E-state index contributed by atoms with van der Waals surface area (Å²) in [6.07, 6.45) is 3.89. The minimum atomic E-state index is 0.257. The highest BCUT2D eigenvalue weighted by Gasteiger charge is 2.23. The molecule has 0 aromatic carbocycles. The molecule has 1 aliphatic rings. The van der Waals surface area contributed by atoms with Crippen molar-refractivity contribution in [3.63, 3.8) is 0 Å². The SMILES string of the molecule is COc1cc(N2CCCC(Nc3nccc(C)n3)C2)nc(OC)n1. The first kappa shape index (κ1) is 16.2. The van der Waals surface area contributed by atoms with E-state index in [0.29, 0.717) is 17.8 Å². The first-order chi connectivity index (χ1) is 11.7. The van der Waals surface area contributed by atoms with E-state index in [9.17, 15) is 0 Å². The maximum Gasteiger partial charge on any atom is 0.321 e. The van der Waals surface area contributed by atoms with Crippen molar-refractivity contribution in [3.05, 3.63) is 24.0 Å². The van der Waals surface area contributed by atoms with E-state index in [2.05, 4.69) is 30.2 Å². The van der Waals surface area contributed by atoms with Crippen molar-refractivity contribution < 1.29 is 9.47 Å². The van der Waals surface area contributed by atoms with Crippen LogP contribution in [0.4, 0.5) is 11.8 Å². The third-order valence-corrected chi connectivity index (χ3v) is 3.93. The fraction of sp³-hybridized carbons (Fsp3) is 0.500. The third-order valence-electron chi connectivity index (χ3n) is 3.93. The largest absolute Gasteiger partial charge is 0.481 e.